The molecule has 0 spiro atoms. The van der Waals surface area contributed by atoms with E-state index < -0.39 is 16.7 Å². The predicted octanol–water partition coefficient (Wildman–Crippen LogP) is 4.86. The van der Waals surface area contributed by atoms with Crippen LogP contribution >= 0.6 is 11.8 Å². The van der Waals surface area contributed by atoms with E-state index in [4.69, 9.17) is 14.2 Å². The lowest BCUT2D eigenvalue weighted by Gasteiger charge is -2.11. The maximum Gasteiger partial charge on any atom is 0.362 e. The maximum absolute atomic E-state index is 12.7. The summed E-state index contributed by atoms with van der Waals surface area (Å²) in [6.07, 6.45) is 1.45. The molecule has 2 aromatic carbocycles. The van der Waals surface area contributed by atoms with Gasteiger partial charge in [0.15, 0.2) is 5.75 Å². The van der Waals surface area contributed by atoms with Crippen molar-refractivity contribution in [3.8, 4) is 17.2 Å². The minimum Gasteiger partial charge on any atom is -0.496 e. The third-order valence-electron chi connectivity index (χ3n) is 4.31. The molecule has 0 fully saturated rings. The second kappa shape index (κ2) is 10.8. The second-order valence-electron chi connectivity index (χ2n) is 6.43. The standard InChI is InChI=1S/C21H19F2N3O6S/c1-3-31-20(27)19-17(11-25(24-19)14-5-7-15(8-6-14)26(28)29)32-12-13-4-9-18(33-21(22)23)16(10-13)30-2/h4-11,21H,3,12H2,1-2H3. The lowest BCUT2D eigenvalue weighted by Crippen LogP contribution is -2.08. The lowest BCUT2D eigenvalue weighted by atomic mass is 10.2. The number of rotatable bonds is 10. The molecular weight excluding hydrogens is 460 g/mol. The summed E-state index contributed by atoms with van der Waals surface area (Å²) < 4.78 is 42.7. The van der Waals surface area contributed by atoms with E-state index in [1.807, 2.05) is 0 Å². The van der Waals surface area contributed by atoms with Gasteiger partial charge in [-0.1, -0.05) is 17.8 Å². The highest BCUT2D eigenvalue weighted by atomic mass is 32.2. The van der Waals surface area contributed by atoms with E-state index >= 15 is 0 Å². The summed E-state index contributed by atoms with van der Waals surface area (Å²) in [4.78, 5) is 23.0. The molecule has 0 saturated heterocycles. The molecule has 1 heterocycles. The number of carbonyl (C=O) groups excluding carboxylic acids is 1. The number of esters is 1. The van der Waals surface area contributed by atoms with Crippen molar-refractivity contribution < 1.29 is 32.7 Å². The normalized spacial score (nSPS) is 10.8. The minimum atomic E-state index is -2.58. The van der Waals surface area contributed by atoms with Crippen molar-refractivity contribution in [1.29, 1.82) is 0 Å². The molecule has 0 unspecified atom stereocenters. The van der Waals surface area contributed by atoms with Crippen LogP contribution in [0.5, 0.6) is 11.5 Å². The predicted molar refractivity (Wildman–Crippen MR) is 115 cm³/mol. The van der Waals surface area contributed by atoms with Gasteiger partial charge in [0.1, 0.15) is 12.4 Å². The van der Waals surface area contributed by atoms with Gasteiger partial charge in [-0.2, -0.15) is 13.9 Å². The molecule has 9 nitrogen and oxygen atoms in total. The van der Waals surface area contributed by atoms with Gasteiger partial charge in [-0.3, -0.25) is 10.1 Å². The van der Waals surface area contributed by atoms with Gasteiger partial charge in [0, 0.05) is 12.1 Å². The third kappa shape index (κ3) is 5.98. The summed E-state index contributed by atoms with van der Waals surface area (Å²) in [5.41, 5.74) is 0.918. The Balaban J connectivity index is 1.85. The summed E-state index contributed by atoms with van der Waals surface area (Å²) in [6, 6.07) is 10.3. The number of hydrogen-bond donors (Lipinski definition) is 0. The number of nitrogens with zero attached hydrogens (tertiary/aromatic N) is 3. The number of nitro benzene ring substituents is 1. The highest BCUT2D eigenvalue weighted by molar-refractivity contribution is 7.99. The number of halogens is 2. The fraction of sp³-hybridized carbons (Fsp3) is 0.238. The zero-order chi connectivity index (χ0) is 24.0. The van der Waals surface area contributed by atoms with Crippen molar-refractivity contribution in [2.75, 3.05) is 13.7 Å². The van der Waals surface area contributed by atoms with E-state index in [-0.39, 0.29) is 41.0 Å². The minimum absolute atomic E-state index is 0.00561. The Morgan fingerprint density at radius 3 is 2.55 bits per heavy atom. The van der Waals surface area contributed by atoms with Gasteiger partial charge < -0.3 is 14.2 Å². The molecule has 1 aromatic heterocycles. The SMILES string of the molecule is CCOC(=O)c1nn(-c2ccc([N+](=O)[O-])cc2)cc1OCc1ccc(SC(F)F)c(OC)c1. The van der Waals surface area contributed by atoms with Crippen molar-refractivity contribution >= 4 is 23.4 Å². The van der Waals surface area contributed by atoms with Crippen LogP contribution < -0.4 is 9.47 Å². The molecule has 0 bridgehead atoms. The van der Waals surface area contributed by atoms with E-state index in [1.54, 1.807) is 19.1 Å². The van der Waals surface area contributed by atoms with E-state index in [9.17, 15) is 23.7 Å². The molecule has 3 aromatic rings. The van der Waals surface area contributed by atoms with E-state index in [0.717, 1.165) is 0 Å². The fourth-order valence-corrected chi connectivity index (χ4v) is 3.42. The number of non-ortho nitro benzene ring substituents is 1. The highest BCUT2D eigenvalue weighted by Gasteiger charge is 2.21. The van der Waals surface area contributed by atoms with Crippen LogP contribution in [0.25, 0.3) is 5.69 Å². The first-order chi connectivity index (χ1) is 15.8. The van der Waals surface area contributed by atoms with Crippen LogP contribution in [0.1, 0.15) is 23.0 Å². The summed E-state index contributed by atoms with van der Waals surface area (Å²) in [6.45, 7) is 1.77. The molecule has 0 aliphatic heterocycles. The van der Waals surface area contributed by atoms with Crippen molar-refractivity contribution in [3.05, 3.63) is 70.0 Å². The van der Waals surface area contributed by atoms with Crippen molar-refractivity contribution in [2.45, 2.75) is 24.2 Å². The monoisotopic (exact) mass is 479 g/mol. The second-order valence-corrected chi connectivity index (χ2v) is 7.46. The number of thioether (sulfide) groups is 1. The first-order valence-corrected chi connectivity index (χ1v) is 10.5. The van der Waals surface area contributed by atoms with Crippen molar-refractivity contribution in [3.63, 3.8) is 0 Å². The largest absolute Gasteiger partial charge is 0.496 e. The molecule has 0 atom stereocenters. The highest BCUT2D eigenvalue weighted by Crippen LogP contribution is 2.34. The Labute approximate surface area is 191 Å². The topological polar surface area (TPSA) is 106 Å². The maximum atomic E-state index is 12.7. The van der Waals surface area contributed by atoms with Gasteiger partial charge in [0.2, 0.25) is 5.69 Å². The Morgan fingerprint density at radius 2 is 1.94 bits per heavy atom. The Bertz CT molecular complexity index is 1140. The molecule has 0 aliphatic rings. The van der Waals surface area contributed by atoms with Gasteiger partial charge in [0.05, 0.1) is 35.4 Å². The van der Waals surface area contributed by atoms with Gasteiger partial charge >= 0.3 is 5.97 Å². The van der Waals surface area contributed by atoms with Crippen LogP contribution in [0, 0.1) is 10.1 Å². The molecule has 3 rings (SSSR count). The van der Waals surface area contributed by atoms with Crippen LogP contribution in [-0.2, 0) is 11.3 Å². The van der Waals surface area contributed by atoms with E-state index in [1.165, 1.54) is 48.3 Å². The van der Waals surface area contributed by atoms with Crippen molar-refractivity contribution in [1.82, 2.24) is 9.78 Å². The van der Waals surface area contributed by atoms with Crippen LogP contribution in [-0.4, -0.2) is 40.1 Å². The van der Waals surface area contributed by atoms with Crippen molar-refractivity contribution in [2.24, 2.45) is 0 Å². The number of nitro groups is 1. The van der Waals surface area contributed by atoms with Crippen LogP contribution in [0.2, 0.25) is 0 Å². The average molecular weight is 479 g/mol. The van der Waals surface area contributed by atoms with Gasteiger partial charge in [-0.25, -0.2) is 9.48 Å². The Hall–Kier alpha value is -3.67. The zero-order valence-corrected chi connectivity index (χ0v) is 18.4. The van der Waals surface area contributed by atoms with Crippen LogP contribution in [0.15, 0.2) is 53.6 Å². The number of carbonyl (C=O) groups is 1. The quantitative estimate of drug-likeness (QED) is 0.176. The number of benzene rings is 2. The molecule has 174 valence electrons. The smallest absolute Gasteiger partial charge is 0.362 e. The molecule has 12 heteroatoms. The van der Waals surface area contributed by atoms with Gasteiger partial charge in [0.25, 0.3) is 11.4 Å². The third-order valence-corrected chi connectivity index (χ3v) is 5.08. The number of ether oxygens (including phenoxy) is 3. The summed E-state index contributed by atoms with van der Waals surface area (Å²) in [5.74, 6) is -2.89. The number of hydrogen-bond acceptors (Lipinski definition) is 8. The van der Waals surface area contributed by atoms with Crippen LogP contribution in [0.3, 0.4) is 0 Å². The number of aromatic nitrogens is 2. The summed E-state index contributed by atoms with van der Waals surface area (Å²) in [5, 5.41) is 15.1. The van der Waals surface area contributed by atoms with E-state index in [2.05, 4.69) is 5.10 Å². The molecule has 0 aliphatic carbocycles. The summed E-state index contributed by atoms with van der Waals surface area (Å²) in [7, 11) is 1.38. The first-order valence-electron chi connectivity index (χ1n) is 9.58. The molecule has 0 radical (unpaired) electrons. The number of methoxy groups -OCH3 is 1. The molecule has 0 saturated carbocycles. The van der Waals surface area contributed by atoms with Gasteiger partial charge in [-0.05, 0) is 36.8 Å². The molecule has 33 heavy (non-hydrogen) atoms. The average Bonchev–Trinajstić information content (AvgIpc) is 3.22. The molecular formula is C21H19F2N3O6S. The lowest BCUT2D eigenvalue weighted by molar-refractivity contribution is -0.384. The zero-order valence-electron chi connectivity index (χ0n) is 17.6. The van der Waals surface area contributed by atoms with E-state index in [0.29, 0.717) is 23.0 Å². The van der Waals surface area contributed by atoms with Crippen LogP contribution in [0.4, 0.5) is 14.5 Å². The Morgan fingerprint density at radius 1 is 1.21 bits per heavy atom. The number of alkyl halides is 2. The fourth-order valence-electron chi connectivity index (χ4n) is 2.82. The Kier molecular flexibility index (Phi) is 7.83. The summed E-state index contributed by atoms with van der Waals surface area (Å²) >= 11 is 0.373. The molecule has 0 amide bonds. The molecule has 0 N–H and O–H groups in total. The first kappa shape index (κ1) is 24.0. The van der Waals surface area contributed by atoms with Gasteiger partial charge in [-0.15, -0.1) is 0 Å².